The molecule has 0 atom stereocenters. The van der Waals surface area contributed by atoms with Crippen molar-refractivity contribution < 1.29 is 31.5 Å². The Morgan fingerprint density at radius 2 is 1.76 bits per heavy atom. The molecule has 1 amide bonds. The van der Waals surface area contributed by atoms with Crippen LogP contribution in [0.15, 0.2) is 41.3 Å². The van der Waals surface area contributed by atoms with E-state index in [4.69, 9.17) is 9.47 Å². The third-order valence-electron chi connectivity index (χ3n) is 3.30. The molecule has 132 valence electrons. The summed E-state index contributed by atoms with van der Waals surface area (Å²) in [5.74, 6) is -2.18. The lowest BCUT2D eigenvalue weighted by atomic mass is 10.3. The molecule has 2 N–H and O–H groups in total. The molecule has 0 radical (unpaired) electrons. The third-order valence-corrected chi connectivity index (χ3v) is 4.70. The van der Waals surface area contributed by atoms with Crippen molar-refractivity contribution in [2.45, 2.75) is 4.90 Å². The molecule has 1 aliphatic rings. The molecule has 0 unspecified atom stereocenters. The first-order valence-corrected chi connectivity index (χ1v) is 8.48. The lowest BCUT2D eigenvalue weighted by Crippen LogP contribution is -2.33. The highest BCUT2D eigenvalue weighted by Crippen LogP contribution is 2.33. The number of para-hydroxylation sites is 1. The second-order valence-electron chi connectivity index (χ2n) is 4.98. The molecule has 25 heavy (non-hydrogen) atoms. The molecule has 0 saturated heterocycles. The van der Waals surface area contributed by atoms with Crippen LogP contribution in [0.3, 0.4) is 0 Å². The van der Waals surface area contributed by atoms with Gasteiger partial charge in [0, 0.05) is 6.07 Å². The van der Waals surface area contributed by atoms with Crippen LogP contribution in [-0.4, -0.2) is 27.7 Å². The van der Waals surface area contributed by atoms with E-state index in [-0.39, 0.29) is 17.4 Å². The van der Waals surface area contributed by atoms with Crippen LogP contribution >= 0.6 is 0 Å². The van der Waals surface area contributed by atoms with Gasteiger partial charge in [-0.05, 0) is 24.3 Å². The highest BCUT2D eigenvalue weighted by molar-refractivity contribution is 7.89. The molecule has 3 rings (SSSR count). The quantitative estimate of drug-likeness (QED) is 0.834. The number of nitrogens with one attached hydrogen (secondary N) is 2. The molecule has 2 aromatic carbocycles. The van der Waals surface area contributed by atoms with Crippen molar-refractivity contribution in [1.82, 2.24) is 4.72 Å². The Hall–Kier alpha value is -2.72. The molecular weight excluding hydrogens is 358 g/mol. The number of benzene rings is 2. The van der Waals surface area contributed by atoms with E-state index in [2.05, 4.69) is 0 Å². The smallest absolute Gasteiger partial charge is 0.241 e. The average Bonchev–Trinajstić information content (AvgIpc) is 3.04. The van der Waals surface area contributed by atoms with Crippen molar-refractivity contribution in [2.24, 2.45) is 0 Å². The fourth-order valence-electron chi connectivity index (χ4n) is 2.09. The summed E-state index contributed by atoms with van der Waals surface area (Å²) in [5.41, 5.74) is -0.644. The van der Waals surface area contributed by atoms with Crippen LogP contribution in [0.1, 0.15) is 0 Å². The summed E-state index contributed by atoms with van der Waals surface area (Å²) in [7, 11) is -4.02. The molecule has 7 nitrogen and oxygen atoms in total. The number of fused-ring (bicyclic) bond motifs is 1. The van der Waals surface area contributed by atoms with Crippen molar-refractivity contribution in [3.05, 3.63) is 48.0 Å². The number of ether oxygens (including phenoxy) is 2. The monoisotopic (exact) mass is 370 g/mol. The zero-order valence-electron chi connectivity index (χ0n) is 12.6. The van der Waals surface area contributed by atoms with Gasteiger partial charge >= 0.3 is 0 Å². The van der Waals surface area contributed by atoms with E-state index in [9.17, 15) is 22.0 Å². The molecular formula is C15H12F2N2O5S. The number of carbonyl (C=O) groups excluding carboxylic acids is 1. The minimum absolute atomic E-state index is 0.0110. The predicted octanol–water partition coefficient (Wildman–Crippen LogP) is 1.61. The minimum Gasteiger partial charge on any atom is -0.454 e. The molecule has 2 aromatic rings. The lowest BCUT2D eigenvalue weighted by Gasteiger charge is -2.09. The van der Waals surface area contributed by atoms with E-state index < -0.39 is 39.8 Å². The summed E-state index contributed by atoms with van der Waals surface area (Å²) in [6, 6.07) is 7.03. The van der Waals surface area contributed by atoms with E-state index in [1.807, 2.05) is 10.0 Å². The van der Waals surface area contributed by atoms with E-state index in [1.165, 1.54) is 18.2 Å². The average molecular weight is 370 g/mol. The van der Waals surface area contributed by atoms with E-state index in [1.54, 1.807) is 0 Å². The van der Waals surface area contributed by atoms with Crippen LogP contribution in [0.2, 0.25) is 0 Å². The first-order valence-electron chi connectivity index (χ1n) is 7.00. The van der Waals surface area contributed by atoms with Crippen LogP contribution in [-0.2, 0) is 14.8 Å². The van der Waals surface area contributed by atoms with Gasteiger partial charge in [0.15, 0.2) is 11.5 Å². The van der Waals surface area contributed by atoms with Gasteiger partial charge in [-0.15, -0.1) is 0 Å². The Kier molecular flexibility index (Phi) is 4.55. The van der Waals surface area contributed by atoms with E-state index >= 15 is 0 Å². The maximum atomic E-state index is 13.5. The SMILES string of the molecule is O=C(CNS(=O)(=O)c1ccc2c(c1)OCO2)Nc1c(F)cccc1F. The minimum atomic E-state index is -4.02. The van der Waals surface area contributed by atoms with E-state index in [0.717, 1.165) is 18.2 Å². The fourth-order valence-corrected chi connectivity index (χ4v) is 3.09. The summed E-state index contributed by atoms with van der Waals surface area (Å²) in [6.45, 7) is -0.715. The Balaban J connectivity index is 1.67. The topological polar surface area (TPSA) is 93.7 Å². The number of halogens is 2. The second kappa shape index (κ2) is 6.65. The van der Waals surface area contributed by atoms with Gasteiger partial charge in [-0.1, -0.05) is 6.07 Å². The fraction of sp³-hybridized carbons (Fsp3) is 0.133. The van der Waals surface area contributed by atoms with Gasteiger partial charge in [-0.25, -0.2) is 21.9 Å². The standard InChI is InChI=1S/C15H12F2N2O5S/c16-10-2-1-3-11(17)15(10)19-14(20)7-18-25(21,22)9-4-5-12-13(6-9)24-8-23-12/h1-6,18H,7-8H2,(H,19,20). The van der Waals surface area contributed by atoms with Gasteiger partial charge in [-0.2, -0.15) is 0 Å². The van der Waals surface area contributed by atoms with Crippen LogP contribution in [0.4, 0.5) is 14.5 Å². The Bertz CT molecular complexity index is 913. The normalized spacial score (nSPS) is 12.9. The summed E-state index contributed by atoms with van der Waals surface area (Å²) < 4.78 is 63.5. The van der Waals surface area contributed by atoms with Crippen LogP contribution < -0.4 is 19.5 Å². The summed E-state index contributed by atoms with van der Waals surface area (Å²) in [5, 5.41) is 1.98. The van der Waals surface area contributed by atoms with Gasteiger partial charge in [0.1, 0.15) is 17.3 Å². The van der Waals surface area contributed by atoms with Crippen LogP contribution in [0.25, 0.3) is 0 Å². The Morgan fingerprint density at radius 3 is 2.48 bits per heavy atom. The predicted molar refractivity (Wildman–Crippen MR) is 82.7 cm³/mol. The van der Waals surface area contributed by atoms with Crippen LogP contribution in [0, 0.1) is 11.6 Å². The molecule has 0 fully saturated rings. The summed E-state index contributed by atoms with van der Waals surface area (Å²) in [4.78, 5) is 11.6. The van der Waals surface area contributed by atoms with Crippen LogP contribution in [0.5, 0.6) is 11.5 Å². The van der Waals surface area contributed by atoms with Gasteiger partial charge in [0.05, 0.1) is 11.4 Å². The number of hydrogen-bond donors (Lipinski definition) is 2. The molecule has 1 heterocycles. The third kappa shape index (κ3) is 3.69. The number of amides is 1. The highest BCUT2D eigenvalue weighted by atomic mass is 32.2. The summed E-state index contributed by atoms with van der Waals surface area (Å²) >= 11 is 0. The van der Waals surface area contributed by atoms with Crippen molar-refractivity contribution in [2.75, 3.05) is 18.7 Å². The maximum Gasteiger partial charge on any atom is 0.241 e. The van der Waals surface area contributed by atoms with Crippen molar-refractivity contribution in [3.63, 3.8) is 0 Å². The molecule has 0 aliphatic carbocycles. The number of anilines is 1. The van der Waals surface area contributed by atoms with Crippen molar-refractivity contribution in [3.8, 4) is 11.5 Å². The Morgan fingerprint density at radius 1 is 1.08 bits per heavy atom. The molecule has 0 saturated carbocycles. The zero-order valence-corrected chi connectivity index (χ0v) is 13.4. The number of rotatable bonds is 5. The van der Waals surface area contributed by atoms with E-state index in [0.29, 0.717) is 5.75 Å². The number of carbonyl (C=O) groups is 1. The van der Waals surface area contributed by atoms with Crippen molar-refractivity contribution in [1.29, 1.82) is 0 Å². The molecule has 1 aliphatic heterocycles. The lowest BCUT2D eigenvalue weighted by molar-refractivity contribution is -0.115. The zero-order chi connectivity index (χ0) is 18.0. The number of hydrogen-bond acceptors (Lipinski definition) is 5. The number of sulfonamides is 1. The van der Waals surface area contributed by atoms with Gasteiger partial charge in [-0.3, -0.25) is 4.79 Å². The molecule has 0 aromatic heterocycles. The largest absolute Gasteiger partial charge is 0.454 e. The highest BCUT2D eigenvalue weighted by Gasteiger charge is 2.21. The van der Waals surface area contributed by atoms with Gasteiger partial charge in [0.25, 0.3) is 0 Å². The summed E-state index contributed by atoms with van der Waals surface area (Å²) in [6.07, 6.45) is 0. The van der Waals surface area contributed by atoms with Crippen molar-refractivity contribution >= 4 is 21.6 Å². The second-order valence-corrected chi connectivity index (χ2v) is 6.75. The molecule has 0 spiro atoms. The first-order chi connectivity index (χ1) is 11.9. The Labute approximate surface area is 141 Å². The molecule has 10 heteroatoms. The maximum absolute atomic E-state index is 13.5. The molecule has 0 bridgehead atoms. The first kappa shape index (κ1) is 17.1. The van der Waals surface area contributed by atoms with Gasteiger partial charge in [0.2, 0.25) is 22.7 Å². The van der Waals surface area contributed by atoms with Gasteiger partial charge < -0.3 is 14.8 Å².